The third kappa shape index (κ3) is 6.04. The van der Waals surface area contributed by atoms with Gasteiger partial charge in [0.2, 0.25) is 0 Å². The molecule has 0 aliphatic rings. The maximum absolute atomic E-state index is 14.5. The molecule has 7 nitrogen and oxygen atoms in total. The number of hydrogen-bond donors (Lipinski definition) is 2. The fourth-order valence-electron chi connectivity index (χ4n) is 2.83. The Bertz CT molecular complexity index is 840. The van der Waals surface area contributed by atoms with Crippen molar-refractivity contribution in [3.05, 3.63) is 48.0 Å². The van der Waals surface area contributed by atoms with Crippen molar-refractivity contribution in [3.8, 4) is 5.69 Å². The van der Waals surface area contributed by atoms with Crippen molar-refractivity contribution in [2.75, 3.05) is 6.54 Å². The highest BCUT2D eigenvalue weighted by Crippen LogP contribution is 2.18. The Labute approximate surface area is 170 Å². The van der Waals surface area contributed by atoms with Crippen LogP contribution in [0.1, 0.15) is 57.8 Å². The van der Waals surface area contributed by atoms with Gasteiger partial charge in [-0.2, -0.15) is 5.10 Å². The van der Waals surface area contributed by atoms with Gasteiger partial charge in [0.25, 0.3) is 5.91 Å². The summed E-state index contributed by atoms with van der Waals surface area (Å²) >= 11 is 0. The molecule has 2 N–H and O–H groups in total. The molecule has 158 valence electrons. The van der Waals surface area contributed by atoms with E-state index in [0.29, 0.717) is 12.8 Å². The fraction of sp³-hybridized carbons (Fsp3) is 0.476. The van der Waals surface area contributed by atoms with Gasteiger partial charge in [0.15, 0.2) is 0 Å². The van der Waals surface area contributed by atoms with Crippen molar-refractivity contribution < 1.29 is 18.7 Å². The van der Waals surface area contributed by atoms with Gasteiger partial charge in [0.05, 0.1) is 5.54 Å². The van der Waals surface area contributed by atoms with E-state index in [1.807, 2.05) is 13.8 Å². The van der Waals surface area contributed by atoms with Gasteiger partial charge in [-0.1, -0.05) is 13.8 Å². The molecule has 0 unspecified atom stereocenters. The Morgan fingerprint density at radius 2 is 1.90 bits per heavy atom. The van der Waals surface area contributed by atoms with Crippen molar-refractivity contribution in [3.63, 3.8) is 0 Å². The lowest BCUT2D eigenvalue weighted by atomic mass is 9.92. The molecule has 1 aromatic heterocycles. The van der Waals surface area contributed by atoms with Crippen molar-refractivity contribution in [1.29, 1.82) is 0 Å². The predicted octanol–water partition coefficient (Wildman–Crippen LogP) is 3.82. The highest BCUT2D eigenvalue weighted by Gasteiger charge is 2.30. The molecule has 0 fully saturated rings. The molecule has 0 radical (unpaired) electrons. The molecular weight excluding hydrogens is 375 g/mol. The van der Waals surface area contributed by atoms with Crippen molar-refractivity contribution in [1.82, 2.24) is 20.4 Å². The number of nitrogens with zero attached hydrogens (tertiary/aromatic N) is 2. The van der Waals surface area contributed by atoms with Crippen LogP contribution in [0.5, 0.6) is 0 Å². The lowest BCUT2D eigenvalue weighted by Gasteiger charge is -2.33. The smallest absolute Gasteiger partial charge is 0.407 e. The Balaban J connectivity index is 2.10. The second-order valence-corrected chi connectivity index (χ2v) is 7.91. The molecule has 0 bridgehead atoms. The van der Waals surface area contributed by atoms with Crippen LogP contribution in [-0.4, -0.2) is 39.5 Å². The van der Waals surface area contributed by atoms with E-state index < -0.39 is 29.0 Å². The van der Waals surface area contributed by atoms with Crippen molar-refractivity contribution in [2.24, 2.45) is 0 Å². The number of carbonyl (C=O) groups excluding carboxylic acids is 2. The van der Waals surface area contributed by atoms with Crippen LogP contribution in [0.3, 0.4) is 0 Å². The zero-order chi connectivity index (χ0) is 21.7. The summed E-state index contributed by atoms with van der Waals surface area (Å²) in [5, 5.41) is 9.66. The molecule has 8 heteroatoms. The standard InChI is InChI=1S/C21H29FN4O3/c1-6-21(7-2,14-23-19(28)29-20(3,4)5)25-18(27)15-9-10-17(16(22)13-15)26-12-8-11-24-26/h8-13H,6-7,14H2,1-5H3,(H,23,28)(H,25,27). The predicted molar refractivity (Wildman–Crippen MR) is 109 cm³/mol. The van der Waals surface area contributed by atoms with Crippen LogP contribution in [0, 0.1) is 5.82 Å². The summed E-state index contributed by atoms with van der Waals surface area (Å²) in [4.78, 5) is 24.7. The molecule has 0 spiro atoms. The quantitative estimate of drug-likeness (QED) is 0.735. The van der Waals surface area contributed by atoms with Gasteiger partial charge in [-0.05, 0) is 57.9 Å². The Kier molecular flexibility index (Phi) is 7.00. The number of alkyl carbamates (subject to hydrolysis) is 1. The van der Waals surface area contributed by atoms with Crippen LogP contribution < -0.4 is 10.6 Å². The third-order valence-electron chi connectivity index (χ3n) is 4.66. The Morgan fingerprint density at radius 1 is 1.21 bits per heavy atom. The number of halogens is 1. The lowest BCUT2D eigenvalue weighted by molar-refractivity contribution is 0.0502. The van der Waals surface area contributed by atoms with Crippen LogP contribution in [0.4, 0.5) is 9.18 Å². The van der Waals surface area contributed by atoms with Gasteiger partial charge in [0.1, 0.15) is 17.1 Å². The molecular formula is C21H29FN4O3. The summed E-state index contributed by atoms with van der Waals surface area (Å²) < 4.78 is 21.1. The number of ether oxygens (including phenoxy) is 1. The fourth-order valence-corrected chi connectivity index (χ4v) is 2.83. The molecule has 2 rings (SSSR count). The van der Waals surface area contributed by atoms with Crippen molar-refractivity contribution >= 4 is 12.0 Å². The first-order valence-electron chi connectivity index (χ1n) is 9.68. The minimum Gasteiger partial charge on any atom is -0.444 e. The summed E-state index contributed by atoms with van der Waals surface area (Å²) in [5.74, 6) is -0.961. The van der Waals surface area contributed by atoms with E-state index in [4.69, 9.17) is 4.74 Å². The van der Waals surface area contributed by atoms with E-state index >= 15 is 0 Å². The number of carbonyl (C=O) groups is 2. The summed E-state index contributed by atoms with van der Waals surface area (Å²) in [7, 11) is 0. The van der Waals surface area contributed by atoms with E-state index in [9.17, 15) is 14.0 Å². The van der Waals surface area contributed by atoms with Gasteiger partial charge >= 0.3 is 6.09 Å². The first kappa shape index (κ1) is 22.4. The highest BCUT2D eigenvalue weighted by atomic mass is 19.1. The number of rotatable bonds is 7. The molecule has 0 saturated heterocycles. The molecule has 0 aliphatic carbocycles. The Morgan fingerprint density at radius 3 is 2.41 bits per heavy atom. The number of hydrogen-bond acceptors (Lipinski definition) is 4. The molecule has 29 heavy (non-hydrogen) atoms. The third-order valence-corrected chi connectivity index (χ3v) is 4.66. The summed E-state index contributed by atoms with van der Waals surface area (Å²) in [6.07, 6.45) is 3.79. The van der Waals surface area contributed by atoms with Crippen LogP contribution in [0.2, 0.25) is 0 Å². The van der Waals surface area contributed by atoms with Crippen LogP contribution >= 0.6 is 0 Å². The maximum atomic E-state index is 14.5. The second kappa shape index (κ2) is 9.07. The second-order valence-electron chi connectivity index (χ2n) is 7.91. The zero-order valence-corrected chi connectivity index (χ0v) is 17.6. The normalized spacial score (nSPS) is 11.8. The zero-order valence-electron chi connectivity index (χ0n) is 17.6. The van der Waals surface area contributed by atoms with Gasteiger partial charge in [0, 0.05) is 24.5 Å². The molecule has 0 saturated carbocycles. The van der Waals surface area contributed by atoms with Crippen LogP contribution in [0.25, 0.3) is 5.69 Å². The van der Waals surface area contributed by atoms with Crippen LogP contribution in [-0.2, 0) is 4.74 Å². The highest BCUT2D eigenvalue weighted by molar-refractivity contribution is 5.95. The average molecular weight is 404 g/mol. The molecule has 1 heterocycles. The molecule has 2 amide bonds. The molecule has 1 aromatic carbocycles. The largest absolute Gasteiger partial charge is 0.444 e. The van der Waals surface area contributed by atoms with Crippen LogP contribution in [0.15, 0.2) is 36.7 Å². The van der Waals surface area contributed by atoms with E-state index in [0.717, 1.165) is 0 Å². The van der Waals surface area contributed by atoms with E-state index in [-0.39, 0.29) is 17.8 Å². The summed E-state index contributed by atoms with van der Waals surface area (Å²) in [6.45, 7) is 9.38. The molecule has 0 aliphatic heterocycles. The van der Waals surface area contributed by atoms with Crippen molar-refractivity contribution in [2.45, 2.75) is 58.6 Å². The van der Waals surface area contributed by atoms with Gasteiger partial charge in [-0.15, -0.1) is 0 Å². The minimum atomic E-state index is -0.675. The number of amides is 2. The average Bonchev–Trinajstić information content (AvgIpc) is 3.18. The topological polar surface area (TPSA) is 85.3 Å². The molecule has 2 aromatic rings. The van der Waals surface area contributed by atoms with Gasteiger partial charge < -0.3 is 15.4 Å². The molecule has 0 atom stereocenters. The minimum absolute atomic E-state index is 0.196. The van der Waals surface area contributed by atoms with Gasteiger partial charge in [-0.25, -0.2) is 13.9 Å². The first-order chi connectivity index (χ1) is 13.6. The first-order valence-corrected chi connectivity index (χ1v) is 9.68. The lowest BCUT2D eigenvalue weighted by Crippen LogP contribution is -2.55. The van der Waals surface area contributed by atoms with E-state index in [1.54, 1.807) is 45.3 Å². The summed E-state index contributed by atoms with van der Waals surface area (Å²) in [6, 6.07) is 5.93. The number of aromatic nitrogens is 2. The monoisotopic (exact) mass is 404 g/mol. The van der Waals surface area contributed by atoms with E-state index in [2.05, 4.69) is 15.7 Å². The number of nitrogens with one attached hydrogen (secondary N) is 2. The van der Waals surface area contributed by atoms with E-state index in [1.165, 1.54) is 16.8 Å². The summed E-state index contributed by atoms with van der Waals surface area (Å²) in [5.41, 5.74) is -0.828. The SMILES string of the molecule is CCC(CC)(CNC(=O)OC(C)(C)C)NC(=O)c1ccc(-n2cccn2)c(F)c1. The van der Waals surface area contributed by atoms with Gasteiger partial charge in [-0.3, -0.25) is 4.79 Å². The number of benzene rings is 1. The maximum Gasteiger partial charge on any atom is 0.407 e. The Hall–Kier alpha value is -2.90.